The van der Waals surface area contributed by atoms with E-state index in [1.807, 2.05) is 47.4 Å². The van der Waals surface area contributed by atoms with Crippen molar-refractivity contribution in [3.63, 3.8) is 0 Å². The Morgan fingerprint density at radius 1 is 1.03 bits per heavy atom. The van der Waals surface area contributed by atoms with Crippen LogP contribution in [0.3, 0.4) is 0 Å². The lowest BCUT2D eigenvalue weighted by Crippen LogP contribution is -2.40. The minimum Gasteiger partial charge on any atom is -0.406 e. The van der Waals surface area contributed by atoms with Gasteiger partial charge in [-0.1, -0.05) is 42.5 Å². The first-order valence-electron chi connectivity index (χ1n) is 12.6. The van der Waals surface area contributed by atoms with Crippen LogP contribution in [0.2, 0.25) is 0 Å². The van der Waals surface area contributed by atoms with Gasteiger partial charge in [-0.15, -0.1) is 13.2 Å². The lowest BCUT2D eigenvalue weighted by atomic mass is 9.71. The molecule has 3 aromatic rings. The Hall–Kier alpha value is -3.30. The molecule has 1 fully saturated rings. The second kappa shape index (κ2) is 10.5. The number of alkyl halides is 4. The number of hydrogen-bond acceptors (Lipinski definition) is 5. The number of rotatable bonds is 8. The predicted molar refractivity (Wildman–Crippen MR) is 138 cm³/mol. The summed E-state index contributed by atoms with van der Waals surface area (Å²) in [6.07, 6.45) is -5.33. The number of para-hydroxylation sites is 1. The van der Waals surface area contributed by atoms with Crippen LogP contribution >= 0.6 is 0 Å². The number of aliphatic hydroxyl groups excluding tert-OH is 2. The van der Waals surface area contributed by atoms with Crippen LogP contribution in [0.25, 0.3) is 0 Å². The summed E-state index contributed by atoms with van der Waals surface area (Å²) in [4.78, 5) is 4.06. The highest BCUT2D eigenvalue weighted by molar-refractivity contribution is 5.68. The zero-order chi connectivity index (χ0) is 26.9. The molecule has 0 radical (unpaired) electrons. The molecule has 0 saturated carbocycles. The van der Waals surface area contributed by atoms with E-state index < -0.39 is 30.7 Å². The second-order valence-corrected chi connectivity index (χ2v) is 10.1. The molecule has 38 heavy (non-hydrogen) atoms. The molecule has 2 heterocycles. The zero-order valence-electron chi connectivity index (χ0n) is 20.7. The maximum atomic E-state index is 13.3. The van der Waals surface area contributed by atoms with Crippen molar-refractivity contribution in [2.75, 3.05) is 42.7 Å². The largest absolute Gasteiger partial charge is 0.573 e. The molecule has 2 aliphatic rings. The van der Waals surface area contributed by atoms with Crippen LogP contribution in [0.5, 0.6) is 5.75 Å². The van der Waals surface area contributed by atoms with Gasteiger partial charge in [-0.25, -0.2) is 4.39 Å². The van der Waals surface area contributed by atoms with Crippen molar-refractivity contribution in [2.24, 2.45) is 0 Å². The first-order chi connectivity index (χ1) is 18.2. The number of hydrogen-bond donors (Lipinski definition) is 2. The standard InChI is InChI=1S/C29H30F4N2O3/c30-16-24(37)18-35-19-28(26-9-1-2-10-27(26)35,15-20-5-3-8-25(13-20)38-29(31,32)33)21-6-4-7-22(14-21)34-12-11-23(36)17-34/h1-10,13-14,23-24,36-37H,11-12,15-19H2/t23?,24-,28?/m0/s1. The molecule has 0 spiro atoms. The average molecular weight is 531 g/mol. The molecule has 5 nitrogen and oxygen atoms in total. The Labute approximate surface area is 218 Å². The quantitative estimate of drug-likeness (QED) is 0.409. The van der Waals surface area contributed by atoms with Gasteiger partial charge in [0.15, 0.2) is 0 Å². The number of aliphatic hydroxyl groups is 2. The van der Waals surface area contributed by atoms with E-state index in [1.165, 1.54) is 18.2 Å². The van der Waals surface area contributed by atoms with Crippen molar-refractivity contribution in [2.45, 2.75) is 36.8 Å². The average Bonchev–Trinajstić information content (AvgIpc) is 3.45. The Balaban J connectivity index is 1.60. The third-order valence-electron chi connectivity index (χ3n) is 7.40. The summed E-state index contributed by atoms with van der Waals surface area (Å²) < 4.78 is 56.3. The van der Waals surface area contributed by atoms with Crippen LogP contribution in [0.1, 0.15) is 23.1 Å². The molecule has 2 unspecified atom stereocenters. The summed E-state index contributed by atoms with van der Waals surface area (Å²) in [7, 11) is 0. The van der Waals surface area contributed by atoms with Gasteiger partial charge >= 0.3 is 6.36 Å². The van der Waals surface area contributed by atoms with E-state index in [0.29, 0.717) is 31.5 Å². The summed E-state index contributed by atoms with van der Waals surface area (Å²) in [6.45, 7) is 0.859. The molecule has 202 valence electrons. The van der Waals surface area contributed by atoms with E-state index in [2.05, 4.69) is 15.7 Å². The van der Waals surface area contributed by atoms with E-state index >= 15 is 0 Å². The molecular weight excluding hydrogens is 500 g/mol. The zero-order valence-corrected chi connectivity index (χ0v) is 20.7. The van der Waals surface area contributed by atoms with Gasteiger partial charge in [0.25, 0.3) is 0 Å². The smallest absolute Gasteiger partial charge is 0.406 e. The third-order valence-corrected chi connectivity index (χ3v) is 7.40. The van der Waals surface area contributed by atoms with Gasteiger partial charge in [-0.2, -0.15) is 0 Å². The summed E-state index contributed by atoms with van der Waals surface area (Å²) in [5, 5.41) is 20.2. The monoisotopic (exact) mass is 530 g/mol. The summed E-state index contributed by atoms with van der Waals surface area (Å²) >= 11 is 0. The molecule has 2 aliphatic heterocycles. The van der Waals surface area contributed by atoms with E-state index in [9.17, 15) is 27.8 Å². The highest BCUT2D eigenvalue weighted by Crippen LogP contribution is 2.48. The molecule has 0 aromatic heterocycles. The predicted octanol–water partition coefficient (Wildman–Crippen LogP) is 4.84. The number of β-amino-alcohol motifs (C(OH)–C–C–N with tert-alkyl or cyclic N) is 2. The SMILES string of the molecule is OC1CCN(c2cccc(C3(Cc4cccc(OC(F)(F)F)c4)CN(C[C@@H](O)CF)c4ccccc43)c2)C1. The number of nitrogens with zero attached hydrogens (tertiary/aromatic N) is 2. The molecule has 9 heteroatoms. The number of fused-ring (bicyclic) bond motifs is 1. The molecule has 2 N–H and O–H groups in total. The molecular formula is C29H30F4N2O3. The van der Waals surface area contributed by atoms with E-state index in [0.717, 1.165) is 29.0 Å². The fourth-order valence-electron chi connectivity index (χ4n) is 5.79. The van der Waals surface area contributed by atoms with Gasteiger partial charge in [0.05, 0.1) is 12.2 Å². The lowest BCUT2D eigenvalue weighted by molar-refractivity contribution is -0.274. The minimum atomic E-state index is -4.80. The molecule has 5 rings (SSSR count). The van der Waals surface area contributed by atoms with E-state index in [4.69, 9.17) is 0 Å². The van der Waals surface area contributed by atoms with Crippen LogP contribution < -0.4 is 14.5 Å². The summed E-state index contributed by atoms with van der Waals surface area (Å²) in [6, 6.07) is 21.7. The highest BCUT2D eigenvalue weighted by Gasteiger charge is 2.45. The topological polar surface area (TPSA) is 56.2 Å². The minimum absolute atomic E-state index is 0.0878. The van der Waals surface area contributed by atoms with Crippen LogP contribution in [0.4, 0.5) is 28.9 Å². The van der Waals surface area contributed by atoms with Gasteiger partial charge < -0.3 is 24.7 Å². The van der Waals surface area contributed by atoms with Crippen LogP contribution in [-0.2, 0) is 11.8 Å². The third kappa shape index (κ3) is 5.44. The number of halogens is 4. The fourth-order valence-corrected chi connectivity index (χ4v) is 5.79. The van der Waals surface area contributed by atoms with Crippen molar-refractivity contribution >= 4 is 11.4 Å². The van der Waals surface area contributed by atoms with E-state index in [-0.39, 0.29) is 12.3 Å². The first kappa shape index (κ1) is 26.3. The Morgan fingerprint density at radius 3 is 2.55 bits per heavy atom. The van der Waals surface area contributed by atoms with Crippen molar-refractivity contribution in [1.82, 2.24) is 0 Å². The number of benzene rings is 3. The maximum absolute atomic E-state index is 13.3. The maximum Gasteiger partial charge on any atom is 0.573 e. The van der Waals surface area contributed by atoms with Gasteiger partial charge in [0, 0.05) is 43.0 Å². The number of ether oxygens (including phenoxy) is 1. The normalized spacial score (nSPS) is 22.0. The van der Waals surface area contributed by atoms with Crippen molar-refractivity contribution in [3.05, 3.63) is 89.5 Å². The molecule has 0 aliphatic carbocycles. The van der Waals surface area contributed by atoms with Crippen LogP contribution in [-0.4, -0.2) is 61.6 Å². The van der Waals surface area contributed by atoms with Gasteiger partial charge in [0.2, 0.25) is 0 Å². The van der Waals surface area contributed by atoms with Crippen LogP contribution in [0.15, 0.2) is 72.8 Å². The second-order valence-electron chi connectivity index (χ2n) is 10.1. The van der Waals surface area contributed by atoms with E-state index in [1.54, 1.807) is 6.07 Å². The van der Waals surface area contributed by atoms with Gasteiger partial charge in [-0.3, -0.25) is 0 Å². The fraction of sp³-hybridized carbons (Fsp3) is 0.379. The van der Waals surface area contributed by atoms with Crippen molar-refractivity contribution in [3.8, 4) is 5.75 Å². The highest BCUT2D eigenvalue weighted by atomic mass is 19.4. The molecule has 0 bridgehead atoms. The van der Waals surface area contributed by atoms with Crippen molar-refractivity contribution in [1.29, 1.82) is 0 Å². The first-order valence-corrected chi connectivity index (χ1v) is 12.6. The molecule has 1 saturated heterocycles. The Morgan fingerprint density at radius 2 is 1.82 bits per heavy atom. The van der Waals surface area contributed by atoms with Crippen molar-refractivity contribution < 1.29 is 32.5 Å². The summed E-state index contributed by atoms with van der Waals surface area (Å²) in [5.41, 5.74) is 3.65. The lowest BCUT2D eigenvalue weighted by Gasteiger charge is -2.33. The molecule has 0 amide bonds. The van der Waals surface area contributed by atoms with Gasteiger partial charge in [0.1, 0.15) is 12.4 Å². The summed E-state index contributed by atoms with van der Waals surface area (Å²) in [5.74, 6) is -0.291. The molecule has 3 atom stereocenters. The Bertz CT molecular complexity index is 1270. The molecule has 3 aromatic carbocycles. The number of anilines is 2. The Kier molecular flexibility index (Phi) is 7.24. The van der Waals surface area contributed by atoms with Crippen LogP contribution in [0, 0.1) is 0 Å². The van der Waals surface area contributed by atoms with Gasteiger partial charge in [-0.05, 0) is 59.9 Å².